The van der Waals surface area contributed by atoms with Crippen LogP contribution in [0.5, 0.6) is 0 Å². The molecule has 0 amide bonds. The highest BCUT2D eigenvalue weighted by Crippen LogP contribution is 2.55. The van der Waals surface area contributed by atoms with Gasteiger partial charge in [-0.2, -0.15) is 9.97 Å². The van der Waals surface area contributed by atoms with Gasteiger partial charge in [0.05, 0.1) is 12.9 Å². The smallest absolute Gasteiger partial charge is 0.340 e. The van der Waals surface area contributed by atoms with Crippen molar-refractivity contribution in [1.29, 1.82) is 0 Å². The van der Waals surface area contributed by atoms with Gasteiger partial charge < -0.3 is 39.5 Å². The van der Waals surface area contributed by atoms with Gasteiger partial charge in [0.15, 0.2) is 29.1 Å². The first kappa shape index (κ1) is 26.1. The van der Waals surface area contributed by atoms with Gasteiger partial charge in [-0.1, -0.05) is 30.3 Å². The molecule has 6 N–H and O–H groups in total. The van der Waals surface area contributed by atoms with Crippen molar-refractivity contribution >= 4 is 43.8 Å². The van der Waals surface area contributed by atoms with Crippen molar-refractivity contribution in [2.45, 2.75) is 31.1 Å². The van der Waals surface area contributed by atoms with Crippen LogP contribution in [0.4, 0.5) is 5.82 Å². The van der Waals surface area contributed by atoms with Gasteiger partial charge in [0, 0.05) is 6.54 Å². The Balaban J connectivity index is 1.52. The molecule has 0 spiro atoms. The first-order valence-corrected chi connectivity index (χ1v) is 14.1. The van der Waals surface area contributed by atoms with Gasteiger partial charge in [-0.25, -0.2) is 4.98 Å². The van der Waals surface area contributed by atoms with Crippen LogP contribution in [-0.4, -0.2) is 75.2 Å². The fourth-order valence-electron chi connectivity index (χ4n) is 3.54. The van der Waals surface area contributed by atoms with Gasteiger partial charge >= 0.3 is 15.2 Å². The molecule has 4 rings (SSSR count). The van der Waals surface area contributed by atoms with Crippen molar-refractivity contribution < 1.29 is 43.3 Å². The molecular formula is C18H22ClN5O9P2. The third kappa shape index (κ3) is 6.25. The lowest BCUT2D eigenvalue weighted by Gasteiger charge is -2.18. The summed E-state index contributed by atoms with van der Waals surface area (Å²) in [5.41, 5.74) is 1.49. The molecule has 5 atom stereocenters. The normalized spacial score (nSPS) is 24.5. The number of aliphatic hydroxyl groups is 2. The fraction of sp³-hybridized carbons (Fsp3) is 0.389. The Kier molecular flexibility index (Phi) is 7.60. The number of aliphatic hydroxyl groups excluding tert-OH is 2. The van der Waals surface area contributed by atoms with Crippen LogP contribution < -0.4 is 5.32 Å². The highest BCUT2D eigenvalue weighted by Gasteiger charge is 2.45. The molecule has 3 aromatic rings. The zero-order chi connectivity index (χ0) is 25.4. The van der Waals surface area contributed by atoms with E-state index >= 15 is 0 Å². The number of rotatable bonds is 9. The number of hydrogen-bond donors (Lipinski definition) is 6. The van der Waals surface area contributed by atoms with Crippen molar-refractivity contribution in [1.82, 2.24) is 19.5 Å². The number of imidazole rings is 1. The second-order valence-corrected chi connectivity index (χ2v) is 12.1. The third-order valence-electron chi connectivity index (χ3n) is 5.11. The van der Waals surface area contributed by atoms with E-state index in [4.69, 9.17) is 30.6 Å². The number of fused-ring (bicyclic) bond motifs is 1. The molecule has 1 saturated heterocycles. The molecule has 0 bridgehead atoms. The number of halogens is 1. The minimum absolute atomic E-state index is 0.110. The fourth-order valence-corrected chi connectivity index (χ4v) is 6.27. The number of ether oxygens (including phenoxy) is 1. The van der Waals surface area contributed by atoms with Crippen LogP contribution >= 0.6 is 26.8 Å². The maximum Gasteiger partial charge on any atom is 0.340 e. The lowest BCUT2D eigenvalue weighted by molar-refractivity contribution is -0.0483. The summed E-state index contributed by atoms with van der Waals surface area (Å²) in [7, 11) is -9.51. The average Bonchev–Trinajstić information content (AvgIpc) is 3.31. The Bertz CT molecular complexity index is 1290. The van der Waals surface area contributed by atoms with Crippen molar-refractivity contribution in [3.05, 3.63) is 47.5 Å². The van der Waals surface area contributed by atoms with E-state index in [0.29, 0.717) is 17.9 Å². The first-order chi connectivity index (χ1) is 16.4. The van der Waals surface area contributed by atoms with E-state index in [1.807, 2.05) is 30.3 Å². The Morgan fingerprint density at radius 2 is 1.83 bits per heavy atom. The summed E-state index contributed by atoms with van der Waals surface area (Å²) in [5, 5.41) is 23.9. The van der Waals surface area contributed by atoms with Gasteiger partial charge in [-0.15, -0.1) is 0 Å². The minimum atomic E-state index is -4.83. The van der Waals surface area contributed by atoms with Crippen LogP contribution in [0.2, 0.25) is 5.28 Å². The van der Waals surface area contributed by atoms with Crippen molar-refractivity contribution in [2.75, 3.05) is 17.8 Å². The molecule has 0 saturated carbocycles. The molecule has 35 heavy (non-hydrogen) atoms. The minimum Gasteiger partial charge on any atom is -0.387 e. The SMILES string of the molecule is O=P(O)(O)CP(=O)(O)OC[C@H]1O[C@@H](n2cnc3c(NCc4ccccc4)nc(Cl)nc32)[C@@H](O)[C@H]1O. The maximum atomic E-state index is 11.9. The summed E-state index contributed by atoms with van der Waals surface area (Å²) in [4.78, 5) is 40.0. The Morgan fingerprint density at radius 3 is 2.51 bits per heavy atom. The average molecular weight is 550 g/mol. The van der Waals surface area contributed by atoms with Gasteiger partial charge in [-0.3, -0.25) is 13.7 Å². The van der Waals surface area contributed by atoms with Crippen molar-refractivity contribution in [3.63, 3.8) is 0 Å². The molecule has 1 unspecified atom stereocenters. The van der Waals surface area contributed by atoms with E-state index in [0.717, 1.165) is 5.56 Å². The molecule has 1 aromatic carbocycles. The molecule has 17 heteroatoms. The summed E-state index contributed by atoms with van der Waals surface area (Å²) in [6, 6.07) is 9.51. The number of nitrogens with zero attached hydrogens (tertiary/aromatic N) is 4. The molecule has 14 nitrogen and oxygen atoms in total. The molecular weight excluding hydrogens is 528 g/mol. The largest absolute Gasteiger partial charge is 0.387 e. The monoisotopic (exact) mass is 549 g/mol. The standard InChI is InChI=1S/C18H22ClN5O9P2/c19-18-22-15(20-6-10-4-2-1-3-5-10)12-16(23-18)24(8-21-12)17-14(26)13(25)11(33-17)7-32-35(30,31)9-34(27,28)29/h1-5,8,11,13-14,17,25-26H,6-7,9H2,(H,30,31)(H,20,22,23)(H2,27,28,29)/t11-,13+,14+,17-/m1/s1. The van der Waals surface area contributed by atoms with E-state index in [9.17, 15) is 24.2 Å². The van der Waals surface area contributed by atoms with Crippen LogP contribution in [0.3, 0.4) is 0 Å². The van der Waals surface area contributed by atoms with Crippen LogP contribution in [0.25, 0.3) is 11.2 Å². The summed E-state index contributed by atoms with van der Waals surface area (Å²) in [6.07, 6.45) is -4.29. The number of nitrogens with one attached hydrogen (secondary N) is 1. The van der Waals surface area contributed by atoms with Gasteiger partial charge in [0.1, 0.15) is 18.3 Å². The third-order valence-corrected chi connectivity index (χ3v) is 8.74. The lowest BCUT2D eigenvalue weighted by Crippen LogP contribution is -2.33. The zero-order valence-corrected chi connectivity index (χ0v) is 20.4. The highest BCUT2D eigenvalue weighted by molar-refractivity contribution is 7.70. The Labute approximate surface area is 203 Å². The Hall–Kier alpha value is -1.96. The number of benzene rings is 1. The van der Waals surface area contributed by atoms with Crippen molar-refractivity contribution in [3.8, 4) is 0 Å². The first-order valence-electron chi connectivity index (χ1n) is 10.1. The Morgan fingerprint density at radius 1 is 1.11 bits per heavy atom. The van der Waals surface area contributed by atoms with E-state index in [1.165, 1.54) is 10.9 Å². The van der Waals surface area contributed by atoms with E-state index < -0.39 is 52.2 Å². The predicted molar refractivity (Wildman–Crippen MR) is 123 cm³/mol. The van der Waals surface area contributed by atoms with Crippen LogP contribution in [-0.2, 0) is 24.9 Å². The zero-order valence-electron chi connectivity index (χ0n) is 17.8. The molecule has 1 aliphatic rings. The number of anilines is 1. The van der Waals surface area contributed by atoms with Gasteiger partial charge in [-0.05, 0) is 17.2 Å². The second-order valence-electron chi connectivity index (χ2n) is 7.79. The van der Waals surface area contributed by atoms with Gasteiger partial charge in [0.2, 0.25) is 5.28 Å². The molecule has 1 fully saturated rings. The molecule has 0 aliphatic carbocycles. The lowest BCUT2D eigenvalue weighted by atomic mass is 10.1. The molecule has 0 radical (unpaired) electrons. The van der Waals surface area contributed by atoms with E-state index in [2.05, 4.69) is 20.3 Å². The predicted octanol–water partition coefficient (Wildman–Crippen LogP) is 1.05. The van der Waals surface area contributed by atoms with E-state index in [-0.39, 0.29) is 10.9 Å². The summed E-state index contributed by atoms with van der Waals surface area (Å²) in [5.74, 6) is -1.07. The summed E-state index contributed by atoms with van der Waals surface area (Å²) in [6.45, 7) is -0.290. The summed E-state index contributed by atoms with van der Waals surface area (Å²) < 4.78 is 34.5. The summed E-state index contributed by atoms with van der Waals surface area (Å²) >= 11 is 6.09. The van der Waals surface area contributed by atoms with E-state index in [1.54, 1.807) is 0 Å². The quantitative estimate of drug-likeness (QED) is 0.163. The molecule has 190 valence electrons. The topological polar surface area (TPSA) is 209 Å². The maximum absolute atomic E-state index is 11.9. The van der Waals surface area contributed by atoms with Gasteiger partial charge in [0.25, 0.3) is 0 Å². The molecule has 3 heterocycles. The number of hydrogen-bond acceptors (Lipinski definition) is 10. The highest BCUT2D eigenvalue weighted by atomic mass is 35.5. The van der Waals surface area contributed by atoms with Crippen LogP contribution in [0.15, 0.2) is 36.7 Å². The van der Waals surface area contributed by atoms with Crippen LogP contribution in [0, 0.1) is 0 Å². The van der Waals surface area contributed by atoms with Crippen molar-refractivity contribution in [2.24, 2.45) is 0 Å². The van der Waals surface area contributed by atoms with Crippen LogP contribution in [0.1, 0.15) is 11.8 Å². The number of aromatic nitrogens is 4. The molecule has 1 aliphatic heterocycles. The molecule has 2 aromatic heterocycles. The second kappa shape index (κ2) is 10.2.